The Hall–Kier alpha value is -2.90. The van der Waals surface area contributed by atoms with Crippen LogP contribution in [0, 0.1) is 6.92 Å². The maximum atomic E-state index is 11.8. The summed E-state index contributed by atoms with van der Waals surface area (Å²) in [5.74, 6) is 0.751. The summed E-state index contributed by atoms with van der Waals surface area (Å²) >= 11 is 0. The number of nitrogens with zero attached hydrogens (tertiary/aromatic N) is 3. The van der Waals surface area contributed by atoms with Gasteiger partial charge in [0.1, 0.15) is 0 Å². The second-order valence-corrected chi connectivity index (χ2v) is 4.37. The van der Waals surface area contributed by atoms with Crippen molar-refractivity contribution in [1.82, 2.24) is 15.5 Å². The molecule has 8 nitrogen and oxygen atoms in total. The van der Waals surface area contributed by atoms with Crippen LogP contribution in [-0.4, -0.2) is 27.1 Å². The van der Waals surface area contributed by atoms with Crippen LogP contribution < -0.4 is 11.1 Å². The first-order valence-corrected chi connectivity index (χ1v) is 6.21. The maximum Gasteiger partial charge on any atom is 0.246 e. The molecule has 0 saturated carbocycles. The van der Waals surface area contributed by atoms with Gasteiger partial charge in [0.2, 0.25) is 11.8 Å². The standard InChI is InChI=1S/C13H15N5O3/c1-8-16-12(21-18-8)7-15-11(19)6-9-2-4-10(5-3-9)13(14)17-20/h2-5,20H,6-7H2,1H3,(H2,14,17)(H,15,19). The van der Waals surface area contributed by atoms with Crippen LogP contribution >= 0.6 is 0 Å². The third kappa shape index (κ3) is 4.03. The number of rotatable bonds is 5. The van der Waals surface area contributed by atoms with Crippen molar-refractivity contribution in [3.05, 3.63) is 47.1 Å². The lowest BCUT2D eigenvalue weighted by Gasteiger charge is -2.04. The van der Waals surface area contributed by atoms with Crippen molar-refractivity contribution < 1.29 is 14.5 Å². The highest BCUT2D eigenvalue weighted by molar-refractivity contribution is 5.97. The fourth-order valence-electron chi connectivity index (χ4n) is 1.69. The van der Waals surface area contributed by atoms with Gasteiger partial charge in [0.15, 0.2) is 11.7 Å². The summed E-state index contributed by atoms with van der Waals surface area (Å²) in [5.41, 5.74) is 6.85. The molecule has 2 rings (SSSR count). The zero-order valence-corrected chi connectivity index (χ0v) is 11.4. The normalized spacial score (nSPS) is 11.4. The smallest absolute Gasteiger partial charge is 0.246 e. The highest BCUT2D eigenvalue weighted by atomic mass is 16.5. The van der Waals surface area contributed by atoms with Crippen LogP contribution in [0.3, 0.4) is 0 Å². The minimum atomic E-state index is -0.164. The molecule has 0 spiro atoms. The van der Waals surface area contributed by atoms with E-state index in [0.29, 0.717) is 17.3 Å². The minimum Gasteiger partial charge on any atom is -0.409 e. The Balaban J connectivity index is 1.87. The average molecular weight is 289 g/mol. The van der Waals surface area contributed by atoms with E-state index in [1.807, 2.05) is 0 Å². The quantitative estimate of drug-likeness (QED) is 0.315. The molecule has 1 heterocycles. The van der Waals surface area contributed by atoms with Crippen LogP contribution in [0.2, 0.25) is 0 Å². The fourth-order valence-corrected chi connectivity index (χ4v) is 1.69. The molecule has 0 aliphatic rings. The molecule has 110 valence electrons. The lowest BCUT2D eigenvalue weighted by Crippen LogP contribution is -2.24. The van der Waals surface area contributed by atoms with E-state index in [1.165, 1.54) is 0 Å². The molecule has 0 aliphatic heterocycles. The predicted octanol–water partition coefficient (Wildman–Crippen LogP) is 0.331. The third-order valence-electron chi connectivity index (χ3n) is 2.73. The zero-order valence-electron chi connectivity index (χ0n) is 11.4. The molecular weight excluding hydrogens is 274 g/mol. The Bertz CT molecular complexity index is 648. The van der Waals surface area contributed by atoms with Gasteiger partial charge in [0.25, 0.3) is 0 Å². The molecule has 2 aromatic rings. The molecule has 1 aromatic carbocycles. The number of aromatic nitrogens is 2. The van der Waals surface area contributed by atoms with Gasteiger partial charge in [-0.3, -0.25) is 4.79 Å². The van der Waals surface area contributed by atoms with Crippen LogP contribution in [-0.2, 0) is 17.8 Å². The number of carbonyl (C=O) groups is 1. The summed E-state index contributed by atoms with van der Waals surface area (Å²) in [7, 11) is 0. The van der Waals surface area contributed by atoms with Crippen molar-refractivity contribution >= 4 is 11.7 Å². The molecule has 1 aromatic heterocycles. The monoisotopic (exact) mass is 289 g/mol. The van der Waals surface area contributed by atoms with Crippen molar-refractivity contribution in [2.45, 2.75) is 19.9 Å². The molecule has 0 unspecified atom stereocenters. The number of nitrogens with one attached hydrogen (secondary N) is 1. The Kier molecular flexibility index (Phi) is 4.50. The number of nitrogens with two attached hydrogens (primary N) is 1. The second-order valence-electron chi connectivity index (χ2n) is 4.37. The van der Waals surface area contributed by atoms with Crippen LogP contribution in [0.25, 0.3) is 0 Å². The summed E-state index contributed by atoms with van der Waals surface area (Å²) in [6, 6.07) is 6.84. The molecule has 0 fully saturated rings. The molecule has 0 bridgehead atoms. The summed E-state index contributed by atoms with van der Waals surface area (Å²) in [6.07, 6.45) is 0.212. The predicted molar refractivity (Wildman–Crippen MR) is 73.5 cm³/mol. The van der Waals surface area contributed by atoms with E-state index in [2.05, 4.69) is 20.6 Å². The number of aryl methyl sites for hydroxylation is 1. The molecule has 4 N–H and O–H groups in total. The first-order chi connectivity index (χ1) is 10.1. The van der Waals surface area contributed by atoms with Crippen molar-refractivity contribution in [1.29, 1.82) is 0 Å². The average Bonchev–Trinajstić information content (AvgIpc) is 2.91. The van der Waals surface area contributed by atoms with Gasteiger partial charge in [0.05, 0.1) is 13.0 Å². The van der Waals surface area contributed by atoms with Crippen LogP contribution in [0.15, 0.2) is 33.9 Å². The molecule has 1 amide bonds. The number of amides is 1. The zero-order chi connectivity index (χ0) is 15.2. The molecule has 0 atom stereocenters. The van der Waals surface area contributed by atoms with Crippen molar-refractivity contribution in [3.8, 4) is 0 Å². The highest BCUT2D eigenvalue weighted by Crippen LogP contribution is 2.05. The van der Waals surface area contributed by atoms with Gasteiger partial charge in [-0.25, -0.2) is 0 Å². The molecule has 8 heteroatoms. The van der Waals surface area contributed by atoms with E-state index < -0.39 is 0 Å². The van der Waals surface area contributed by atoms with E-state index in [1.54, 1.807) is 31.2 Å². The van der Waals surface area contributed by atoms with E-state index in [4.69, 9.17) is 15.5 Å². The lowest BCUT2D eigenvalue weighted by molar-refractivity contribution is -0.120. The first-order valence-electron chi connectivity index (χ1n) is 6.21. The topological polar surface area (TPSA) is 127 Å². The SMILES string of the molecule is Cc1noc(CNC(=O)Cc2ccc(C(N)=NO)cc2)n1. The Labute approximate surface area is 120 Å². The highest BCUT2D eigenvalue weighted by Gasteiger charge is 2.07. The number of benzene rings is 1. The summed E-state index contributed by atoms with van der Waals surface area (Å²) in [5, 5.41) is 17.8. The minimum absolute atomic E-state index is 0.0257. The Morgan fingerprint density at radius 2 is 2.14 bits per heavy atom. The molecule has 0 radical (unpaired) electrons. The van der Waals surface area contributed by atoms with Crippen molar-refractivity contribution in [3.63, 3.8) is 0 Å². The lowest BCUT2D eigenvalue weighted by atomic mass is 10.1. The van der Waals surface area contributed by atoms with Gasteiger partial charge in [-0.05, 0) is 12.5 Å². The number of hydrogen-bond acceptors (Lipinski definition) is 6. The number of hydrogen-bond donors (Lipinski definition) is 3. The van der Waals surface area contributed by atoms with E-state index >= 15 is 0 Å². The van der Waals surface area contributed by atoms with Crippen LogP contribution in [0.5, 0.6) is 0 Å². The van der Waals surface area contributed by atoms with Gasteiger partial charge < -0.3 is 20.8 Å². The molecule has 0 aliphatic carbocycles. The number of oxime groups is 1. The van der Waals surface area contributed by atoms with Crippen LogP contribution in [0.4, 0.5) is 0 Å². The van der Waals surface area contributed by atoms with Gasteiger partial charge >= 0.3 is 0 Å². The summed E-state index contributed by atoms with van der Waals surface area (Å²) in [4.78, 5) is 15.8. The van der Waals surface area contributed by atoms with E-state index in [9.17, 15) is 4.79 Å². The summed E-state index contributed by atoms with van der Waals surface area (Å²) < 4.78 is 4.89. The molecule has 0 saturated heterocycles. The van der Waals surface area contributed by atoms with E-state index in [0.717, 1.165) is 5.56 Å². The van der Waals surface area contributed by atoms with Crippen molar-refractivity contribution in [2.75, 3.05) is 0 Å². The number of amidine groups is 1. The third-order valence-corrected chi connectivity index (χ3v) is 2.73. The van der Waals surface area contributed by atoms with Crippen LogP contribution in [0.1, 0.15) is 22.8 Å². The van der Waals surface area contributed by atoms with Gasteiger partial charge in [-0.1, -0.05) is 34.6 Å². The maximum absolute atomic E-state index is 11.8. The Morgan fingerprint density at radius 3 is 2.71 bits per heavy atom. The number of carbonyl (C=O) groups excluding carboxylic acids is 1. The molecular formula is C13H15N5O3. The first kappa shape index (κ1) is 14.5. The van der Waals surface area contributed by atoms with E-state index in [-0.39, 0.29) is 24.7 Å². The second kappa shape index (κ2) is 6.51. The largest absolute Gasteiger partial charge is 0.409 e. The van der Waals surface area contributed by atoms with Gasteiger partial charge in [0, 0.05) is 5.56 Å². The summed E-state index contributed by atoms with van der Waals surface area (Å²) in [6.45, 7) is 1.90. The Morgan fingerprint density at radius 1 is 1.43 bits per heavy atom. The van der Waals surface area contributed by atoms with Gasteiger partial charge in [-0.2, -0.15) is 4.98 Å². The van der Waals surface area contributed by atoms with Gasteiger partial charge in [-0.15, -0.1) is 0 Å². The fraction of sp³-hybridized carbons (Fsp3) is 0.231. The molecule has 21 heavy (non-hydrogen) atoms. The van der Waals surface area contributed by atoms with Crippen molar-refractivity contribution in [2.24, 2.45) is 10.9 Å².